The van der Waals surface area contributed by atoms with Crippen LogP contribution in [0.15, 0.2) is 18.2 Å². The first-order chi connectivity index (χ1) is 7.28. The molecule has 0 amide bonds. The summed E-state index contributed by atoms with van der Waals surface area (Å²) in [5, 5.41) is 0. The van der Waals surface area contributed by atoms with Crippen LogP contribution in [0.2, 0.25) is 0 Å². The molecule has 1 aromatic rings. The van der Waals surface area contributed by atoms with Crippen molar-refractivity contribution in [2.24, 2.45) is 5.73 Å². The summed E-state index contributed by atoms with van der Waals surface area (Å²) in [5.41, 5.74) is 8.57. The van der Waals surface area contributed by atoms with E-state index in [0.717, 1.165) is 16.7 Å². The van der Waals surface area contributed by atoms with Gasteiger partial charge in [-0.25, -0.2) is 0 Å². The molecule has 1 aromatic carbocycles. The highest BCUT2D eigenvalue weighted by molar-refractivity contribution is 5.30. The van der Waals surface area contributed by atoms with Gasteiger partial charge in [0.2, 0.25) is 0 Å². The minimum atomic E-state index is -4.13. The van der Waals surface area contributed by atoms with Gasteiger partial charge in [0.05, 0.1) is 0 Å². The van der Waals surface area contributed by atoms with E-state index in [2.05, 4.69) is 0 Å². The molecule has 90 valence electrons. The van der Waals surface area contributed by atoms with Gasteiger partial charge in [-0.15, -0.1) is 0 Å². The monoisotopic (exact) mass is 231 g/mol. The largest absolute Gasteiger partial charge is 0.389 e. The fourth-order valence-electron chi connectivity index (χ4n) is 1.71. The lowest BCUT2D eigenvalue weighted by Gasteiger charge is -2.14. The fraction of sp³-hybridized carbons (Fsp3) is 0.500. The van der Waals surface area contributed by atoms with Gasteiger partial charge in [0, 0.05) is 12.5 Å². The third-order valence-electron chi connectivity index (χ3n) is 2.41. The molecule has 0 radical (unpaired) electrons. The van der Waals surface area contributed by atoms with Gasteiger partial charge in [0.25, 0.3) is 0 Å². The Labute approximate surface area is 93.5 Å². The van der Waals surface area contributed by atoms with Crippen LogP contribution in [0.5, 0.6) is 0 Å². The SMILES string of the molecule is Cc1cc(C)cc(C(N)CCC(F)(F)F)c1. The van der Waals surface area contributed by atoms with Gasteiger partial charge >= 0.3 is 6.18 Å². The average Bonchev–Trinajstić information content (AvgIpc) is 2.11. The molecule has 0 aliphatic heterocycles. The lowest BCUT2D eigenvalue weighted by molar-refractivity contribution is -0.136. The Hall–Kier alpha value is -1.03. The number of halogens is 3. The van der Waals surface area contributed by atoms with Gasteiger partial charge < -0.3 is 5.73 Å². The molecule has 1 rings (SSSR count). The second kappa shape index (κ2) is 4.87. The lowest BCUT2D eigenvalue weighted by atomic mass is 9.99. The van der Waals surface area contributed by atoms with Gasteiger partial charge in [-0.3, -0.25) is 0 Å². The maximum absolute atomic E-state index is 12.0. The Morgan fingerprint density at radius 2 is 1.62 bits per heavy atom. The van der Waals surface area contributed by atoms with E-state index in [1.807, 2.05) is 32.0 Å². The second-order valence-electron chi connectivity index (χ2n) is 4.18. The Kier molecular flexibility index (Phi) is 3.97. The van der Waals surface area contributed by atoms with Crippen LogP contribution in [0.25, 0.3) is 0 Å². The van der Waals surface area contributed by atoms with Gasteiger partial charge in [-0.1, -0.05) is 29.3 Å². The highest BCUT2D eigenvalue weighted by Gasteiger charge is 2.27. The molecule has 0 heterocycles. The van der Waals surface area contributed by atoms with Crippen LogP contribution < -0.4 is 5.73 Å². The maximum atomic E-state index is 12.0. The predicted octanol–water partition coefficient (Wildman–Crippen LogP) is 3.65. The third kappa shape index (κ3) is 4.23. The predicted molar refractivity (Wildman–Crippen MR) is 58.1 cm³/mol. The summed E-state index contributed by atoms with van der Waals surface area (Å²) < 4.78 is 36.1. The summed E-state index contributed by atoms with van der Waals surface area (Å²) in [6.45, 7) is 3.82. The van der Waals surface area contributed by atoms with Crippen molar-refractivity contribution in [3.63, 3.8) is 0 Å². The van der Waals surface area contributed by atoms with E-state index in [4.69, 9.17) is 5.73 Å². The fourth-order valence-corrected chi connectivity index (χ4v) is 1.71. The van der Waals surface area contributed by atoms with E-state index in [-0.39, 0.29) is 6.42 Å². The minimum Gasteiger partial charge on any atom is -0.324 e. The van der Waals surface area contributed by atoms with Crippen LogP contribution >= 0.6 is 0 Å². The minimum absolute atomic E-state index is 0.0631. The van der Waals surface area contributed by atoms with Crippen molar-refractivity contribution in [1.82, 2.24) is 0 Å². The Morgan fingerprint density at radius 3 is 2.06 bits per heavy atom. The van der Waals surface area contributed by atoms with Crippen molar-refractivity contribution in [3.05, 3.63) is 34.9 Å². The highest BCUT2D eigenvalue weighted by atomic mass is 19.4. The smallest absolute Gasteiger partial charge is 0.324 e. The molecule has 1 unspecified atom stereocenters. The first-order valence-corrected chi connectivity index (χ1v) is 5.18. The topological polar surface area (TPSA) is 26.0 Å². The van der Waals surface area contributed by atoms with Crippen LogP contribution in [-0.2, 0) is 0 Å². The Bertz CT molecular complexity index is 338. The molecular formula is C12H16F3N. The average molecular weight is 231 g/mol. The summed E-state index contributed by atoms with van der Waals surface area (Å²) in [6, 6.07) is 5.11. The number of hydrogen-bond acceptors (Lipinski definition) is 1. The van der Waals surface area contributed by atoms with Crippen molar-refractivity contribution in [3.8, 4) is 0 Å². The van der Waals surface area contributed by atoms with Gasteiger partial charge in [-0.2, -0.15) is 13.2 Å². The zero-order valence-corrected chi connectivity index (χ0v) is 9.43. The first kappa shape index (κ1) is 13.0. The van der Waals surface area contributed by atoms with Crippen LogP contribution in [0, 0.1) is 13.8 Å². The van der Waals surface area contributed by atoms with E-state index in [9.17, 15) is 13.2 Å². The molecule has 0 fully saturated rings. The molecule has 0 bridgehead atoms. The molecule has 0 aliphatic rings. The number of alkyl halides is 3. The third-order valence-corrected chi connectivity index (χ3v) is 2.41. The first-order valence-electron chi connectivity index (χ1n) is 5.18. The van der Waals surface area contributed by atoms with E-state index >= 15 is 0 Å². The van der Waals surface area contributed by atoms with Gasteiger partial charge in [-0.05, 0) is 25.8 Å². The number of hydrogen-bond donors (Lipinski definition) is 1. The van der Waals surface area contributed by atoms with Crippen molar-refractivity contribution in [2.75, 3.05) is 0 Å². The number of rotatable bonds is 3. The summed E-state index contributed by atoms with van der Waals surface area (Å²) in [5.74, 6) is 0. The van der Waals surface area contributed by atoms with Crippen LogP contribution in [0.3, 0.4) is 0 Å². The maximum Gasteiger partial charge on any atom is 0.389 e. The van der Waals surface area contributed by atoms with E-state index in [1.165, 1.54) is 0 Å². The summed E-state index contributed by atoms with van der Waals surface area (Å²) in [7, 11) is 0. The molecular weight excluding hydrogens is 215 g/mol. The molecule has 0 saturated heterocycles. The molecule has 2 N–H and O–H groups in total. The van der Waals surface area contributed by atoms with Gasteiger partial charge in [0.1, 0.15) is 0 Å². The van der Waals surface area contributed by atoms with E-state index < -0.39 is 18.6 Å². The standard InChI is InChI=1S/C12H16F3N/c1-8-5-9(2)7-10(6-8)11(16)3-4-12(13,14)15/h5-7,11H,3-4,16H2,1-2H3. The Balaban J connectivity index is 2.69. The number of nitrogens with two attached hydrogens (primary N) is 1. The van der Waals surface area contributed by atoms with Crippen molar-refractivity contribution >= 4 is 0 Å². The van der Waals surface area contributed by atoms with Crippen LogP contribution in [0.4, 0.5) is 13.2 Å². The van der Waals surface area contributed by atoms with E-state index in [1.54, 1.807) is 0 Å². The van der Waals surface area contributed by atoms with Crippen LogP contribution in [0.1, 0.15) is 35.6 Å². The van der Waals surface area contributed by atoms with E-state index in [0.29, 0.717) is 0 Å². The number of benzene rings is 1. The molecule has 4 heteroatoms. The van der Waals surface area contributed by atoms with Crippen molar-refractivity contribution in [1.29, 1.82) is 0 Å². The molecule has 0 aromatic heterocycles. The van der Waals surface area contributed by atoms with Crippen LogP contribution in [-0.4, -0.2) is 6.18 Å². The number of aryl methyl sites for hydroxylation is 2. The normalized spacial score (nSPS) is 13.9. The lowest BCUT2D eigenvalue weighted by Crippen LogP contribution is -2.16. The zero-order valence-electron chi connectivity index (χ0n) is 9.43. The molecule has 0 spiro atoms. The Morgan fingerprint density at radius 1 is 1.12 bits per heavy atom. The summed E-state index contributed by atoms with van der Waals surface area (Å²) in [4.78, 5) is 0. The van der Waals surface area contributed by atoms with Gasteiger partial charge in [0.15, 0.2) is 0 Å². The van der Waals surface area contributed by atoms with Crippen molar-refractivity contribution in [2.45, 2.75) is 38.9 Å². The molecule has 0 aliphatic carbocycles. The summed E-state index contributed by atoms with van der Waals surface area (Å²) in [6.07, 6.45) is -5.02. The molecule has 1 atom stereocenters. The summed E-state index contributed by atoms with van der Waals surface area (Å²) >= 11 is 0. The molecule has 0 saturated carbocycles. The zero-order chi connectivity index (χ0) is 12.3. The highest BCUT2D eigenvalue weighted by Crippen LogP contribution is 2.27. The molecule has 16 heavy (non-hydrogen) atoms. The quantitative estimate of drug-likeness (QED) is 0.844. The molecule has 1 nitrogen and oxygen atoms in total. The second-order valence-corrected chi connectivity index (χ2v) is 4.18. The van der Waals surface area contributed by atoms with Crippen molar-refractivity contribution < 1.29 is 13.2 Å².